The molecule has 156 valence electrons. The minimum Gasteiger partial charge on any atom is -0.349 e. The molecule has 1 amide bonds. The third-order valence-electron chi connectivity index (χ3n) is 5.70. The largest absolute Gasteiger partial charge is 0.349 e. The standard InChI is InChI=1S/C24H28N4O2/c1-3-14-28-24(30)27-15-13-21(11-12-22(27)26-28)25-23(29)20-6-4-5-19(16-20)18-9-7-17(2)8-10-18/h4-10,16,21H,3,11-15H2,1-2H3,(H,25,29). The highest BCUT2D eigenvalue weighted by atomic mass is 16.2. The van der Waals surface area contributed by atoms with Gasteiger partial charge < -0.3 is 5.32 Å². The van der Waals surface area contributed by atoms with Crippen molar-refractivity contribution < 1.29 is 4.79 Å². The van der Waals surface area contributed by atoms with Crippen LogP contribution in [0, 0.1) is 6.92 Å². The maximum absolute atomic E-state index is 12.9. The van der Waals surface area contributed by atoms with Crippen molar-refractivity contribution >= 4 is 5.91 Å². The van der Waals surface area contributed by atoms with Crippen LogP contribution >= 0.6 is 0 Å². The lowest BCUT2D eigenvalue weighted by atomic mass is 10.0. The van der Waals surface area contributed by atoms with Gasteiger partial charge in [0.25, 0.3) is 5.91 Å². The van der Waals surface area contributed by atoms with Crippen LogP contribution in [0.2, 0.25) is 0 Å². The van der Waals surface area contributed by atoms with Gasteiger partial charge in [0.15, 0.2) is 0 Å². The molecule has 3 aromatic rings. The van der Waals surface area contributed by atoms with Crippen molar-refractivity contribution in [2.45, 2.75) is 58.7 Å². The van der Waals surface area contributed by atoms with Crippen LogP contribution in [0.15, 0.2) is 53.3 Å². The predicted octanol–water partition coefficient (Wildman–Crippen LogP) is 3.57. The highest BCUT2D eigenvalue weighted by Gasteiger charge is 2.22. The van der Waals surface area contributed by atoms with Gasteiger partial charge in [-0.3, -0.25) is 9.36 Å². The lowest BCUT2D eigenvalue weighted by Gasteiger charge is -2.16. The third kappa shape index (κ3) is 4.22. The molecule has 2 heterocycles. The SMILES string of the molecule is CCCn1nc2n(c1=O)CCC(NC(=O)c1cccc(-c3ccc(C)cc3)c1)CC2. The van der Waals surface area contributed by atoms with Crippen molar-refractivity contribution in [1.82, 2.24) is 19.7 Å². The third-order valence-corrected chi connectivity index (χ3v) is 5.70. The van der Waals surface area contributed by atoms with Gasteiger partial charge in [0.1, 0.15) is 5.82 Å². The van der Waals surface area contributed by atoms with Crippen LogP contribution in [-0.4, -0.2) is 26.3 Å². The molecule has 1 unspecified atom stereocenters. The van der Waals surface area contributed by atoms with E-state index in [2.05, 4.69) is 41.6 Å². The second-order valence-electron chi connectivity index (χ2n) is 8.02. The fraction of sp³-hybridized carbons (Fsp3) is 0.375. The van der Waals surface area contributed by atoms with Crippen LogP contribution in [0.5, 0.6) is 0 Å². The van der Waals surface area contributed by atoms with Gasteiger partial charge in [0.05, 0.1) is 0 Å². The molecule has 6 nitrogen and oxygen atoms in total. The molecule has 6 heteroatoms. The first-order chi connectivity index (χ1) is 14.5. The molecule has 0 bridgehead atoms. The smallest absolute Gasteiger partial charge is 0.345 e. The molecule has 1 atom stereocenters. The van der Waals surface area contributed by atoms with Crippen molar-refractivity contribution in [3.05, 3.63) is 76.0 Å². The number of nitrogens with zero attached hydrogens (tertiary/aromatic N) is 3. The monoisotopic (exact) mass is 404 g/mol. The number of aromatic nitrogens is 3. The van der Waals surface area contributed by atoms with E-state index < -0.39 is 0 Å². The van der Waals surface area contributed by atoms with Crippen molar-refractivity contribution in [3.8, 4) is 11.1 Å². The highest BCUT2D eigenvalue weighted by Crippen LogP contribution is 2.21. The molecular formula is C24H28N4O2. The molecule has 4 rings (SSSR count). The highest BCUT2D eigenvalue weighted by molar-refractivity contribution is 5.95. The molecule has 1 aromatic heterocycles. The van der Waals surface area contributed by atoms with Crippen LogP contribution in [0.25, 0.3) is 11.1 Å². The van der Waals surface area contributed by atoms with Gasteiger partial charge in [-0.05, 0) is 49.4 Å². The fourth-order valence-electron chi connectivity index (χ4n) is 3.98. The van der Waals surface area contributed by atoms with E-state index in [4.69, 9.17) is 0 Å². The van der Waals surface area contributed by atoms with Gasteiger partial charge in [-0.25, -0.2) is 9.48 Å². The molecule has 1 N–H and O–H groups in total. The van der Waals surface area contributed by atoms with Crippen LogP contribution in [0.4, 0.5) is 0 Å². The van der Waals surface area contributed by atoms with E-state index in [0.29, 0.717) is 25.1 Å². The number of amides is 1. The maximum Gasteiger partial charge on any atom is 0.345 e. The first-order valence-corrected chi connectivity index (χ1v) is 10.7. The summed E-state index contributed by atoms with van der Waals surface area (Å²) in [4.78, 5) is 25.4. The molecule has 30 heavy (non-hydrogen) atoms. The molecule has 0 saturated heterocycles. The zero-order valence-corrected chi connectivity index (χ0v) is 17.6. The Morgan fingerprint density at radius 3 is 2.70 bits per heavy atom. The molecule has 0 radical (unpaired) electrons. The Bertz CT molecular complexity index is 1100. The maximum atomic E-state index is 12.9. The first kappa shape index (κ1) is 20.1. The summed E-state index contributed by atoms with van der Waals surface area (Å²) >= 11 is 0. The second-order valence-corrected chi connectivity index (χ2v) is 8.02. The molecular weight excluding hydrogens is 376 g/mol. The van der Waals surface area contributed by atoms with Crippen molar-refractivity contribution in [1.29, 1.82) is 0 Å². The predicted molar refractivity (Wildman–Crippen MR) is 118 cm³/mol. The molecule has 0 fully saturated rings. The van der Waals surface area contributed by atoms with E-state index >= 15 is 0 Å². The van der Waals surface area contributed by atoms with Crippen molar-refractivity contribution in [3.63, 3.8) is 0 Å². The summed E-state index contributed by atoms with van der Waals surface area (Å²) in [6.07, 6.45) is 3.09. The zero-order valence-electron chi connectivity index (χ0n) is 17.6. The van der Waals surface area contributed by atoms with E-state index in [0.717, 1.165) is 36.2 Å². The summed E-state index contributed by atoms with van der Waals surface area (Å²) in [5.41, 5.74) is 3.95. The van der Waals surface area contributed by atoms with E-state index in [1.54, 1.807) is 9.25 Å². The molecule has 0 aliphatic carbocycles. The van der Waals surface area contributed by atoms with E-state index in [1.165, 1.54) is 5.56 Å². The van der Waals surface area contributed by atoms with Crippen LogP contribution < -0.4 is 11.0 Å². The molecule has 1 aliphatic heterocycles. The Morgan fingerprint density at radius 2 is 1.93 bits per heavy atom. The zero-order chi connectivity index (χ0) is 21.1. The number of benzene rings is 2. The van der Waals surface area contributed by atoms with Gasteiger partial charge in [-0.15, -0.1) is 0 Å². The minimum atomic E-state index is -0.0723. The summed E-state index contributed by atoms with van der Waals surface area (Å²) in [6, 6.07) is 16.0. The Labute approximate surface area is 176 Å². The number of hydrogen-bond donors (Lipinski definition) is 1. The van der Waals surface area contributed by atoms with Crippen molar-refractivity contribution in [2.24, 2.45) is 0 Å². The van der Waals surface area contributed by atoms with Crippen LogP contribution in [-0.2, 0) is 19.5 Å². The normalized spacial score (nSPS) is 16.0. The molecule has 0 saturated carbocycles. The van der Waals surface area contributed by atoms with Gasteiger partial charge >= 0.3 is 5.69 Å². The van der Waals surface area contributed by atoms with Gasteiger partial charge in [-0.1, -0.05) is 48.9 Å². The summed E-state index contributed by atoms with van der Waals surface area (Å²) in [5, 5.41) is 7.64. The Hall–Kier alpha value is -3.15. The van der Waals surface area contributed by atoms with E-state index in [9.17, 15) is 9.59 Å². The average Bonchev–Trinajstić information content (AvgIpc) is 2.92. The number of carbonyl (C=O) groups is 1. The fourth-order valence-corrected chi connectivity index (χ4v) is 3.98. The topological polar surface area (TPSA) is 68.9 Å². The minimum absolute atomic E-state index is 0.0289. The lowest BCUT2D eigenvalue weighted by molar-refractivity contribution is 0.0933. The average molecular weight is 405 g/mol. The molecule has 0 spiro atoms. The summed E-state index contributed by atoms with van der Waals surface area (Å²) in [6.45, 7) is 5.34. The van der Waals surface area contributed by atoms with Crippen LogP contribution in [0.1, 0.15) is 47.9 Å². The number of aryl methyl sites for hydroxylation is 3. The number of carbonyl (C=O) groups excluding carboxylic acids is 1. The molecule has 1 aliphatic rings. The van der Waals surface area contributed by atoms with Crippen molar-refractivity contribution in [2.75, 3.05) is 0 Å². The first-order valence-electron chi connectivity index (χ1n) is 10.7. The van der Waals surface area contributed by atoms with E-state index in [-0.39, 0.29) is 17.6 Å². The van der Waals surface area contributed by atoms with Crippen LogP contribution in [0.3, 0.4) is 0 Å². The number of nitrogens with one attached hydrogen (secondary N) is 1. The van der Waals surface area contributed by atoms with Gasteiger partial charge in [-0.2, -0.15) is 5.10 Å². The van der Waals surface area contributed by atoms with Gasteiger partial charge in [0, 0.05) is 31.1 Å². The Balaban J connectivity index is 1.44. The Morgan fingerprint density at radius 1 is 1.13 bits per heavy atom. The lowest BCUT2D eigenvalue weighted by Crippen LogP contribution is -2.35. The second kappa shape index (κ2) is 8.69. The number of hydrogen-bond acceptors (Lipinski definition) is 3. The summed E-state index contributed by atoms with van der Waals surface area (Å²) in [5.74, 6) is 0.753. The molecule has 2 aromatic carbocycles. The summed E-state index contributed by atoms with van der Waals surface area (Å²) in [7, 11) is 0. The summed E-state index contributed by atoms with van der Waals surface area (Å²) < 4.78 is 3.32. The Kier molecular flexibility index (Phi) is 5.84. The van der Waals surface area contributed by atoms with Gasteiger partial charge in [0.2, 0.25) is 0 Å². The quantitative estimate of drug-likeness (QED) is 0.707. The number of rotatable bonds is 5. The van der Waals surface area contributed by atoms with E-state index in [1.807, 2.05) is 31.2 Å². The number of fused-ring (bicyclic) bond motifs is 1.